The van der Waals surface area contributed by atoms with Crippen LogP contribution in [-0.4, -0.2) is 48.6 Å². The molecule has 76 valence electrons. The largest absolute Gasteiger partial charge is 0.304 e. The maximum absolute atomic E-state index is 6.32. The van der Waals surface area contributed by atoms with Crippen molar-refractivity contribution in [2.24, 2.45) is 0 Å². The van der Waals surface area contributed by atoms with Crippen LogP contribution in [0, 0.1) is 6.92 Å². The third-order valence-electron chi connectivity index (χ3n) is 3.36. The molecule has 1 heterocycles. The van der Waals surface area contributed by atoms with Crippen molar-refractivity contribution in [1.82, 2.24) is 9.80 Å². The Morgan fingerprint density at radius 3 is 1.92 bits per heavy atom. The molecule has 1 fully saturated rings. The molecule has 0 amide bonds. The van der Waals surface area contributed by atoms with E-state index in [1.165, 1.54) is 0 Å². The molecule has 0 aromatic rings. The fraction of sp³-hybridized carbons (Fsp3) is 0.909. The van der Waals surface area contributed by atoms with E-state index in [0.717, 1.165) is 39.0 Å². The molecule has 0 saturated carbocycles. The van der Waals surface area contributed by atoms with Gasteiger partial charge >= 0.3 is 0 Å². The topological polar surface area (TPSA) is 6.48 Å². The van der Waals surface area contributed by atoms with Crippen LogP contribution in [-0.2, 0) is 0 Å². The Morgan fingerprint density at radius 1 is 1.08 bits per heavy atom. The summed E-state index contributed by atoms with van der Waals surface area (Å²) in [7, 11) is 2.17. The molecule has 2 heteroatoms. The molecule has 0 spiro atoms. The first-order valence-electron chi connectivity index (χ1n) is 5.35. The minimum atomic E-state index is -0.0543. The highest BCUT2D eigenvalue weighted by molar-refractivity contribution is 4.92. The minimum Gasteiger partial charge on any atom is -0.304 e. The first-order chi connectivity index (χ1) is 6.12. The molecule has 2 nitrogen and oxygen atoms in total. The number of hydrogen-bond acceptors (Lipinski definition) is 2. The summed E-state index contributed by atoms with van der Waals surface area (Å²) in [5.74, 6) is 0. The monoisotopic (exact) mass is 182 g/mol. The molecular weight excluding hydrogens is 160 g/mol. The van der Waals surface area contributed by atoms with Crippen LogP contribution in [0.25, 0.3) is 0 Å². The van der Waals surface area contributed by atoms with Gasteiger partial charge in [-0.1, -0.05) is 13.8 Å². The van der Waals surface area contributed by atoms with Crippen LogP contribution < -0.4 is 0 Å². The molecule has 0 aromatic carbocycles. The lowest BCUT2D eigenvalue weighted by atomic mass is 9.92. The zero-order chi connectivity index (χ0) is 9.90. The van der Waals surface area contributed by atoms with Gasteiger partial charge in [-0.2, -0.15) is 0 Å². The zero-order valence-corrected chi connectivity index (χ0v) is 9.21. The quantitative estimate of drug-likeness (QED) is 0.652. The van der Waals surface area contributed by atoms with Crippen LogP contribution >= 0.6 is 0 Å². The molecular formula is C11H22N2. The molecule has 13 heavy (non-hydrogen) atoms. The van der Waals surface area contributed by atoms with Crippen LogP contribution in [0.1, 0.15) is 26.7 Å². The van der Waals surface area contributed by atoms with Gasteiger partial charge in [0.25, 0.3) is 0 Å². The number of rotatable bonds is 3. The summed E-state index contributed by atoms with van der Waals surface area (Å²) in [6, 6.07) is 0. The Kier molecular flexibility index (Phi) is 3.74. The summed E-state index contributed by atoms with van der Waals surface area (Å²) in [6.45, 7) is 15.2. The standard InChI is InChI=1S/C11H22N2/c1-5-11(3,6-2)13-9-7-12(4)8-10-13/h3H,5-10H2,1-2,4H3. The first-order valence-corrected chi connectivity index (χ1v) is 5.35. The lowest BCUT2D eigenvalue weighted by Crippen LogP contribution is -2.54. The maximum atomic E-state index is 6.32. The van der Waals surface area contributed by atoms with E-state index in [-0.39, 0.29) is 5.54 Å². The van der Waals surface area contributed by atoms with Crippen LogP contribution in [0.5, 0.6) is 0 Å². The Bertz CT molecular complexity index is 144. The van der Waals surface area contributed by atoms with E-state index in [9.17, 15) is 0 Å². The Balaban J connectivity index is 2.51. The highest BCUT2D eigenvalue weighted by Crippen LogP contribution is 2.23. The van der Waals surface area contributed by atoms with Gasteiger partial charge in [0, 0.05) is 31.7 Å². The molecule has 0 bridgehead atoms. The van der Waals surface area contributed by atoms with Crippen molar-refractivity contribution in [3.63, 3.8) is 0 Å². The van der Waals surface area contributed by atoms with Gasteiger partial charge in [-0.15, -0.1) is 0 Å². The smallest absolute Gasteiger partial charge is 0.0240 e. The molecule has 1 aliphatic heterocycles. The third-order valence-corrected chi connectivity index (χ3v) is 3.36. The predicted molar refractivity (Wildman–Crippen MR) is 56.7 cm³/mol. The van der Waals surface area contributed by atoms with Crippen LogP contribution in [0.15, 0.2) is 0 Å². The Labute approximate surface area is 82.9 Å². The fourth-order valence-electron chi connectivity index (χ4n) is 1.95. The van der Waals surface area contributed by atoms with Crippen molar-refractivity contribution in [2.75, 3.05) is 33.2 Å². The molecule has 0 N–H and O–H groups in total. The fourth-order valence-corrected chi connectivity index (χ4v) is 1.95. The van der Waals surface area contributed by atoms with Crippen molar-refractivity contribution < 1.29 is 0 Å². The summed E-state index contributed by atoms with van der Waals surface area (Å²) >= 11 is 0. The van der Waals surface area contributed by atoms with E-state index in [1.54, 1.807) is 0 Å². The van der Waals surface area contributed by atoms with Crippen molar-refractivity contribution >= 4 is 0 Å². The molecule has 1 rings (SSSR count). The van der Waals surface area contributed by atoms with E-state index >= 15 is 0 Å². The summed E-state index contributed by atoms with van der Waals surface area (Å²) in [5, 5.41) is 0. The second-order valence-corrected chi connectivity index (χ2v) is 4.10. The van der Waals surface area contributed by atoms with Gasteiger partial charge in [-0.05, 0) is 26.8 Å². The van der Waals surface area contributed by atoms with Gasteiger partial charge in [0.1, 0.15) is 0 Å². The van der Waals surface area contributed by atoms with Crippen molar-refractivity contribution in [1.29, 1.82) is 0 Å². The lowest BCUT2D eigenvalue weighted by molar-refractivity contribution is 0.0620. The van der Waals surface area contributed by atoms with E-state index in [0.29, 0.717) is 0 Å². The van der Waals surface area contributed by atoms with E-state index in [4.69, 9.17) is 6.92 Å². The second-order valence-electron chi connectivity index (χ2n) is 4.10. The highest BCUT2D eigenvalue weighted by atomic mass is 15.3. The number of hydrogen-bond donors (Lipinski definition) is 0. The van der Waals surface area contributed by atoms with E-state index in [1.807, 2.05) is 0 Å². The summed E-state index contributed by atoms with van der Waals surface area (Å²) < 4.78 is 0. The van der Waals surface area contributed by atoms with Gasteiger partial charge < -0.3 is 4.90 Å². The second kappa shape index (κ2) is 4.43. The number of piperazine rings is 1. The lowest BCUT2D eigenvalue weighted by Gasteiger charge is -2.44. The van der Waals surface area contributed by atoms with Gasteiger partial charge in [-0.3, -0.25) is 4.90 Å². The van der Waals surface area contributed by atoms with Crippen molar-refractivity contribution in [3.05, 3.63) is 6.92 Å². The van der Waals surface area contributed by atoms with Crippen LogP contribution in [0.4, 0.5) is 0 Å². The Hall–Kier alpha value is -0.0800. The molecule has 0 aliphatic carbocycles. The normalized spacial score (nSPS) is 22.2. The van der Waals surface area contributed by atoms with Gasteiger partial charge in [-0.25, -0.2) is 0 Å². The van der Waals surface area contributed by atoms with Gasteiger partial charge in [0.15, 0.2) is 0 Å². The van der Waals surface area contributed by atoms with E-state index in [2.05, 4.69) is 30.7 Å². The van der Waals surface area contributed by atoms with Crippen LogP contribution in [0.3, 0.4) is 0 Å². The van der Waals surface area contributed by atoms with Gasteiger partial charge in [0.05, 0.1) is 0 Å². The summed E-state index contributed by atoms with van der Waals surface area (Å²) in [6.07, 6.45) is 2.10. The zero-order valence-electron chi connectivity index (χ0n) is 9.21. The molecule has 0 aromatic heterocycles. The summed E-state index contributed by atoms with van der Waals surface area (Å²) in [5.41, 5.74) is -0.0543. The minimum absolute atomic E-state index is 0.0543. The first kappa shape index (κ1) is 11.0. The molecule has 2 radical (unpaired) electrons. The SMILES string of the molecule is [CH]C(CC)(CC)N1CCN(C)CC1. The van der Waals surface area contributed by atoms with Crippen molar-refractivity contribution in [2.45, 2.75) is 32.2 Å². The third kappa shape index (κ3) is 2.44. The molecule has 0 atom stereocenters. The molecule has 1 aliphatic rings. The van der Waals surface area contributed by atoms with E-state index < -0.39 is 0 Å². The Morgan fingerprint density at radius 2 is 1.54 bits per heavy atom. The van der Waals surface area contributed by atoms with Gasteiger partial charge in [0.2, 0.25) is 0 Å². The molecule has 0 unspecified atom stereocenters. The number of nitrogens with zero attached hydrogens (tertiary/aromatic N) is 2. The maximum Gasteiger partial charge on any atom is 0.0240 e. The van der Waals surface area contributed by atoms with Crippen LogP contribution in [0.2, 0.25) is 0 Å². The highest BCUT2D eigenvalue weighted by Gasteiger charge is 2.30. The number of likely N-dealkylation sites (N-methyl/N-ethyl adjacent to an activating group) is 1. The van der Waals surface area contributed by atoms with Crippen molar-refractivity contribution in [3.8, 4) is 0 Å². The average molecular weight is 182 g/mol. The molecule has 1 saturated heterocycles. The summed E-state index contributed by atoms with van der Waals surface area (Å²) in [4.78, 5) is 4.80. The predicted octanol–water partition coefficient (Wildman–Crippen LogP) is 1.50. The average Bonchev–Trinajstić information content (AvgIpc) is 2.18.